The lowest BCUT2D eigenvalue weighted by atomic mass is 10.2. The highest BCUT2D eigenvalue weighted by atomic mass is 35.5. The number of oxime groups is 1. The van der Waals surface area contributed by atoms with Crippen LogP contribution in [0.5, 0.6) is 0 Å². The molecular weight excluding hydrogens is 314 g/mol. The number of sulfonamides is 1. The summed E-state index contributed by atoms with van der Waals surface area (Å²) in [5.41, 5.74) is 5.42. The average Bonchev–Trinajstić information content (AvgIpc) is 2.42. The first-order valence-electron chi connectivity index (χ1n) is 6.49. The summed E-state index contributed by atoms with van der Waals surface area (Å²) >= 11 is 5.86. The van der Waals surface area contributed by atoms with E-state index in [1.165, 1.54) is 16.4 Å². The first kappa shape index (κ1) is 17.7. The maximum Gasteiger partial charge on any atom is 0.243 e. The molecule has 0 fully saturated rings. The Morgan fingerprint density at radius 1 is 1.48 bits per heavy atom. The summed E-state index contributed by atoms with van der Waals surface area (Å²) in [4.78, 5) is 0.134. The molecule has 1 rings (SSSR count). The molecule has 0 aromatic heterocycles. The molecule has 21 heavy (non-hydrogen) atoms. The van der Waals surface area contributed by atoms with E-state index in [-0.39, 0.29) is 29.6 Å². The summed E-state index contributed by atoms with van der Waals surface area (Å²) in [6.45, 7) is 4.32. The highest BCUT2D eigenvalue weighted by Crippen LogP contribution is 2.20. The van der Waals surface area contributed by atoms with Gasteiger partial charge in [-0.05, 0) is 24.1 Å². The predicted molar refractivity (Wildman–Crippen MR) is 83.1 cm³/mol. The topological polar surface area (TPSA) is 96.0 Å². The molecule has 1 aromatic carbocycles. The maximum absolute atomic E-state index is 12.6. The van der Waals surface area contributed by atoms with Gasteiger partial charge >= 0.3 is 0 Å². The third kappa shape index (κ3) is 5.18. The van der Waals surface area contributed by atoms with Crippen molar-refractivity contribution in [3.8, 4) is 0 Å². The van der Waals surface area contributed by atoms with Crippen LogP contribution in [0.4, 0.5) is 0 Å². The van der Waals surface area contributed by atoms with Crippen molar-refractivity contribution >= 4 is 27.5 Å². The summed E-state index contributed by atoms with van der Waals surface area (Å²) in [6.07, 6.45) is 0.156. The zero-order chi connectivity index (χ0) is 16.0. The molecule has 6 nitrogen and oxygen atoms in total. The summed E-state index contributed by atoms with van der Waals surface area (Å²) < 4.78 is 26.6. The average molecular weight is 334 g/mol. The molecule has 118 valence electrons. The van der Waals surface area contributed by atoms with Gasteiger partial charge in [-0.15, -0.1) is 0 Å². The number of rotatable bonds is 7. The van der Waals surface area contributed by atoms with Crippen LogP contribution in [0.3, 0.4) is 0 Å². The Balaban J connectivity index is 3.05. The van der Waals surface area contributed by atoms with Crippen LogP contribution >= 0.6 is 11.6 Å². The molecule has 8 heteroatoms. The molecule has 0 aliphatic carbocycles. The highest BCUT2D eigenvalue weighted by Gasteiger charge is 2.25. The minimum absolute atomic E-state index is 0.00921. The van der Waals surface area contributed by atoms with E-state index in [2.05, 4.69) is 5.16 Å². The van der Waals surface area contributed by atoms with E-state index in [9.17, 15) is 8.42 Å². The van der Waals surface area contributed by atoms with E-state index >= 15 is 0 Å². The Labute approximate surface area is 130 Å². The summed E-state index contributed by atoms with van der Waals surface area (Å²) in [5, 5.41) is 11.8. The molecular formula is C13H20ClN3O3S. The molecule has 0 atom stereocenters. The first-order valence-corrected chi connectivity index (χ1v) is 8.31. The van der Waals surface area contributed by atoms with Gasteiger partial charge in [0.2, 0.25) is 10.0 Å². The van der Waals surface area contributed by atoms with Gasteiger partial charge < -0.3 is 10.9 Å². The second-order valence-electron chi connectivity index (χ2n) is 5.06. The zero-order valence-electron chi connectivity index (χ0n) is 12.0. The van der Waals surface area contributed by atoms with E-state index in [1.54, 1.807) is 12.1 Å². The number of benzene rings is 1. The number of nitrogens with zero attached hydrogens (tertiary/aromatic N) is 2. The van der Waals surface area contributed by atoms with E-state index < -0.39 is 10.0 Å². The Morgan fingerprint density at radius 3 is 2.67 bits per heavy atom. The van der Waals surface area contributed by atoms with Gasteiger partial charge in [-0.2, -0.15) is 4.31 Å². The summed E-state index contributed by atoms with van der Waals surface area (Å²) in [6, 6.07) is 6.11. The van der Waals surface area contributed by atoms with Crippen LogP contribution in [-0.4, -0.2) is 36.9 Å². The third-order valence-corrected chi connectivity index (χ3v) is 4.84. The van der Waals surface area contributed by atoms with Crippen molar-refractivity contribution in [3.05, 3.63) is 29.3 Å². The second kappa shape index (κ2) is 7.63. The van der Waals surface area contributed by atoms with Gasteiger partial charge in [-0.25, -0.2) is 8.42 Å². The van der Waals surface area contributed by atoms with Crippen LogP contribution in [0.2, 0.25) is 5.02 Å². The van der Waals surface area contributed by atoms with Crippen molar-refractivity contribution in [1.82, 2.24) is 4.31 Å². The van der Waals surface area contributed by atoms with Crippen molar-refractivity contribution in [2.45, 2.75) is 25.2 Å². The molecule has 0 unspecified atom stereocenters. The van der Waals surface area contributed by atoms with Crippen molar-refractivity contribution in [2.24, 2.45) is 16.8 Å². The minimum atomic E-state index is -3.67. The van der Waals surface area contributed by atoms with E-state index in [1.807, 2.05) is 13.8 Å². The van der Waals surface area contributed by atoms with Crippen molar-refractivity contribution in [3.63, 3.8) is 0 Å². The molecule has 0 amide bonds. The number of amidine groups is 1. The maximum atomic E-state index is 12.6. The number of hydrogen-bond donors (Lipinski definition) is 2. The van der Waals surface area contributed by atoms with Gasteiger partial charge in [0.05, 0.1) is 4.90 Å². The standard InChI is InChI=1S/C13H20ClN3O3S/c1-10(2)9-17(7-6-13(15)16-18)21(19,20)12-5-3-4-11(14)8-12/h3-5,8,10,18H,6-7,9H2,1-2H3,(H2,15,16). The number of hydrogen-bond acceptors (Lipinski definition) is 4. The fourth-order valence-electron chi connectivity index (χ4n) is 1.78. The molecule has 0 bridgehead atoms. The number of nitrogens with two attached hydrogens (primary N) is 1. The largest absolute Gasteiger partial charge is 0.409 e. The Morgan fingerprint density at radius 2 is 2.14 bits per heavy atom. The monoisotopic (exact) mass is 333 g/mol. The molecule has 3 N–H and O–H groups in total. The van der Waals surface area contributed by atoms with Gasteiger partial charge in [0.25, 0.3) is 0 Å². The van der Waals surface area contributed by atoms with Crippen molar-refractivity contribution in [2.75, 3.05) is 13.1 Å². The van der Waals surface area contributed by atoms with Crippen LogP contribution < -0.4 is 5.73 Å². The van der Waals surface area contributed by atoms with Crippen LogP contribution in [0, 0.1) is 5.92 Å². The van der Waals surface area contributed by atoms with Gasteiger partial charge in [0.1, 0.15) is 5.84 Å². The lowest BCUT2D eigenvalue weighted by Crippen LogP contribution is -2.36. The highest BCUT2D eigenvalue weighted by molar-refractivity contribution is 7.89. The number of halogens is 1. The van der Waals surface area contributed by atoms with Crippen molar-refractivity contribution < 1.29 is 13.6 Å². The van der Waals surface area contributed by atoms with Crippen LogP contribution in [0.25, 0.3) is 0 Å². The smallest absolute Gasteiger partial charge is 0.243 e. The normalized spacial score (nSPS) is 13.1. The summed E-state index contributed by atoms with van der Waals surface area (Å²) in [7, 11) is -3.67. The molecule has 0 heterocycles. The first-order chi connectivity index (χ1) is 9.77. The quantitative estimate of drug-likeness (QED) is 0.346. The van der Waals surface area contributed by atoms with Crippen LogP contribution in [0.15, 0.2) is 34.3 Å². The molecule has 0 radical (unpaired) electrons. The minimum Gasteiger partial charge on any atom is -0.409 e. The molecule has 0 aliphatic rings. The zero-order valence-corrected chi connectivity index (χ0v) is 13.6. The second-order valence-corrected chi connectivity index (χ2v) is 7.43. The fourth-order valence-corrected chi connectivity index (χ4v) is 3.69. The summed E-state index contributed by atoms with van der Waals surface area (Å²) in [5.74, 6) is 0.135. The Kier molecular flexibility index (Phi) is 6.44. The predicted octanol–water partition coefficient (Wildman–Crippen LogP) is 2.12. The van der Waals surface area contributed by atoms with Gasteiger partial charge in [0, 0.05) is 24.5 Å². The SMILES string of the molecule is CC(C)CN(CCC(N)=NO)S(=O)(=O)c1cccc(Cl)c1. The Bertz CT molecular complexity index is 602. The van der Waals surface area contributed by atoms with Crippen LogP contribution in [-0.2, 0) is 10.0 Å². The van der Waals surface area contributed by atoms with Crippen molar-refractivity contribution in [1.29, 1.82) is 0 Å². The fraction of sp³-hybridized carbons (Fsp3) is 0.462. The molecule has 0 saturated heterocycles. The van der Waals surface area contributed by atoms with E-state index in [0.717, 1.165) is 0 Å². The van der Waals surface area contributed by atoms with E-state index in [4.69, 9.17) is 22.5 Å². The third-order valence-electron chi connectivity index (χ3n) is 2.75. The Hall–Kier alpha value is -1.31. The molecule has 0 saturated carbocycles. The van der Waals surface area contributed by atoms with Gasteiger partial charge in [-0.1, -0.05) is 36.7 Å². The molecule has 0 spiro atoms. The lowest BCUT2D eigenvalue weighted by Gasteiger charge is -2.23. The lowest BCUT2D eigenvalue weighted by molar-refractivity contribution is 0.314. The van der Waals surface area contributed by atoms with E-state index in [0.29, 0.717) is 11.6 Å². The molecule has 0 aliphatic heterocycles. The van der Waals surface area contributed by atoms with Gasteiger partial charge in [0.15, 0.2) is 0 Å². The van der Waals surface area contributed by atoms with Crippen LogP contribution in [0.1, 0.15) is 20.3 Å². The van der Waals surface area contributed by atoms with Gasteiger partial charge in [-0.3, -0.25) is 0 Å². The molecule has 1 aromatic rings.